The summed E-state index contributed by atoms with van der Waals surface area (Å²) in [5.41, 5.74) is 0.904. The van der Waals surface area contributed by atoms with Gasteiger partial charge in [-0.1, -0.05) is 18.2 Å². The van der Waals surface area contributed by atoms with E-state index in [0.29, 0.717) is 24.7 Å². The summed E-state index contributed by atoms with van der Waals surface area (Å²) < 4.78 is 24.6. The maximum atomic E-state index is 13.6. The third kappa shape index (κ3) is 2.88. The van der Waals surface area contributed by atoms with Crippen molar-refractivity contribution < 1.29 is 18.7 Å². The largest absolute Gasteiger partial charge is 0.486 e. The van der Waals surface area contributed by atoms with Gasteiger partial charge in [0.25, 0.3) is 5.91 Å². The summed E-state index contributed by atoms with van der Waals surface area (Å²) in [6.45, 7) is 2.88. The van der Waals surface area contributed by atoms with E-state index in [4.69, 9.17) is 9.47 Å². The number of fused-ring (bicyclic) bond motifs is 1. The van der Waals surface area contributed by atoms with E-state index < -0.39 is 11.7 Å². The lowest BCUT2D eigenvalue weighted by Gasteiger charge is -2.21. The molecule has 0 saturated carbocycles. The van der Waals surface area contributed by atoms with Gasteiger partial charge >= 0.3 is 0 Å². The number of carbonyl (C=O) groups excluding carboxylic acids is 1. The molecule has 0 unspecified atom stereocenters. The number of ether oxygens (including phenoxy) is 2. The summed E-state index contributed by atoms with van der Waals surface area (Å²) >= 11 is 0. The zero-order valence-electron chi connectivity index (χ0n) is 12.1. The van der Waals surface area contributed by atoms with Crippen molar-refractivity contribution in [3.8, 4) is 11.5 Å². The summed E-state index contributed by atoms with van der Waals surface area (Å²) in [6.07, 6.45) is 0. The van der Waals surface area contributed by atoms with Gasteiger partial charge in [-0.2, -0.15) is 0 Å². The minimum absolute atomic E-state index is 0.0342. The van der Waals surface area contributed by atoms with Crippen LogP contribution in [0.1, 0.15) is 28.9 Å². The van der Waals surface area contributed by atoms with E-state index in [-0.39, 0.29) is 11.6 Å². The normalized spacial score (nSPS) is 14.3. The Morgan fingerprint density at radius 2 is 1.86 bits per heavy atom. The molecule has 2 aromatic carbocycles. The van der Waals surface area contributed by atoms with Crippen LogP contribution in [0.2, 0.25) is 0 Å². The van der Waals surface area contributed by atoms with Crippen molar-refractivity contribution in [2.75, 3.05) is 13.2 Å². The highest BCUT2D eigenvalue weighted by Gasteiger charge is 2.17. The van der Waals surface area contributed by atoms with Gasteiger partial charge < -0.3 is 14.8 Å². The van der Waals surface area contributed by atoms with Crippen LogP contribution in [0.25, 0.3) is 0 Å². The van der Waals surface area contributed by atoms with Crippen LogP contribution in [-0.4, -0.2) is 19.1 Å². The Hall–Kier alpha value is -2.56. The highest BCUT2D eigenvalue weighted by atomic mass is 19.1. The summed E-state index contributed by atoms with van der Waals surface area (Å²) in [5.74, 6) is 0.383. The molecule has 3 rings (SSSR count). The predicted molar refractivity (Wildman–Crippen MR) is 79.7 cm³/mol. The van der Waals surface area contributed by atoms with Crippen molar-refractivity contribution in [1.82, 2.24) is 5.32 Å². The Bertz CT molecular complexity index is 702. The SMILES string of the molecule is C[C@H](NC(=O)c1ccccc1F)c1ccc2c(c1)OCCO2. The Labute approximate surface area is 127 Å². The minimum Gasteiger partial charge on any atom is -0.486 e. The summed E-state index contributed by atoms with van der Waals surface area (Å²) in [7, 11) is 0. The number of amides is 1. The topological polar surface area (TPSA) is 47.6 Å². The zero-order chi connectivity index (χ0) is 15.5. The first kappa shape index (κ1) is 14.4. The van der Waals surface area contributed by atoms with Gasteiger partial charge in [0.2, 0.25) is 0 Å². The molecule has 1 N–H and O–H groups in total. The molecule has 1 amide bonds. The predicted octanol–water partition coefficient (Wildman–Crippen LogP) is 3.09. The number of rotatable bonds is 3. The molecule has 1 aliphatic heterocycles. The first-order valence-electron chi connectivity index (χ1n) is 7.10. The monoisotopic (exact) mass is 301 g/mol. The molecule has 0 spiro atoms. The molecule has 22 heavy (non-hydrogen) atoms. The molecule has 1 aliphatic rings. The van der Waals surface area contributed by atoms with Gasteiger partial charge in [0, 0.05) is 0 Å². The van der Waals surface area contributed by atoms with Crippen LogP contribution in [0.5, 0.6) is 11.5 Å². The van der Waals surface area contributed by atoms with Gasteiger partial charge in [-0.25, -0.2) is 4.39 Å². The van der Waals surface area contributed by atoms with E-state index in [1.165, 1.54) is 12.1 Å². The van der Waals surface area contributed by atoms with Crippen molar-refractivity contribution in [3.63, 3.8) is 0 Å². The van der Waals surface area contributed by atoms with Crippen molar-refractivity contribution in [2.45, 2.75) is 13.0 Å². The number of halogens is 1. The molecule has 0 saturated heterocycles. The van der Waals surface area contributed by atoms with E-state index in [9.17, 15) is 9.18 Å². The van der Waals surface area contributed by atoms with E-state index in [1.54, 1.807) is 12.1 Å². The maximum Gasteiger partial charge on any atom is 0.254 e. The smallest absolute Gasteiger partial charge is 0.254 e. The molecule has 0 radical (unpaired) electrons. The number of nitrogens with one attached hydrogen (secondary N) is 1. The summed E-state index contributed by atoms with van der Waals surface area (Å²) in [4.78, 5) is 12.1. The molecular weight excluding hydrogens is 285 g/mol. The standard InChI is InChI=1S/C17H16FNO3/c1-11(19-17(20)13-4-2-3-5-14(13)18)12-6-7-15-16(10-12)22-9-8-21-15/h2-7,10-11H,8-9H2,1H3,(H,19,20)/t11-/m0/s1. The van der Waals surface area contributed by atoms with Crippen LogP contribution >= 0.6 is 0 Å². The Morgan fingerprint density at radius 3 is 2.64 bits per heavy atom. The van der Waals surface area contributed by atoms with Gasteiger partial charge in [-0.3, -0.25) is 4.79 Å². The second-order valence-corrected chi connectivity index (χ2v) is 5.08. The van der Waals surface area contributed by atoms with Gasteiger partial charge in [0.05, 0.1) is 11.6 Å². The average Bonchev–Trinajstić information content (AvgIpc) is 2.54. The number of benzene rings is 2. The highest BCUT2D eigenvalue weighted by Crippen LogP contribution is 2.32. The lowest BCUT2D eigenvalue weighted by Crippen LogP contribution is -2.27. The molecule has 2 aromatic rings. The van der Waals surface area contributed by atoms with Crippen LogP contribution in [0, 0.1) is 5.82 Å². The highest BCUT2D eigenvalue weighted by molar-refractivity contribution is 5.94. The van der Waals surface area contributed by atoms with Gasteiger partial charge in [-0.05, 0) is 36.8 Å². The second kappa shape index (κ2) is 6.05. The first-order valence-corrected chi connectivity index (χ1v) is 7.10. The fourth-order valence-electron chi connectivity index (χ4n) is 2.33. The molecule has 114 valence electrons. The van der Waals surface area contributed by atoms with Crippen LogP contribution in [-0.2, 0) is 0 Å². The van der Waals surface area contributed by atoms with Gasteiger partial charge in [0.15, 0.2) is 11.5 Å². The molecule has 1 atom stereocenters. The van der Waals surface area contributed by atoms with Crippen LogP contribution in [0.3, 0.4) is 0 Å². The third-order valence-electron chi connectivity index (χ3n) is 3.53. The lowest BCUT2D eigenvalue weighted by atomic mass is 10.1. The number of carbonyl (C=O) groups is 1. The third-order valence-corrected chi connectivity index (χ3v) is 3.53. The van der Waals surface area contributed by atoms with Crippen LogP contribution in [0.15, 0.2) is 42.5 Å². The summed E-state index contributed by atoms with van der Waals surface area (Å²) in [5, 5.41) is 2.78. The first-order chi connectivity index (χ1) is 10.6. The molecule has 4 nitrogen and oxygen atoms in total. The molecule has 0 fully saturated rings. The number of hydrogen-bond donors (Lipinski definition) is 1. The summed E-state index contributed by atoms with van der Waals surface area (Å²) in [6, 6.07) is 11.1. The van der Waals surface area contributed by atoms with Crippen molar-refractivity contribution in [2.24, 2.45) is 0 Å². The molecule has 5 heteroatoms. The molecular formula is C17H16FNO3. The van der Waals surface area contributed by atoms with Gasteiger partial charge in [0.1, 0.15) is 19.0 Å². The lowest BCUT2D eigenvalue weighted by molar-refractivity contribution is 0.0935. The zero-order valence-corrected chi connectivity index (χ0v) is 12.1. The number of hydrogen-bond acceptors (Lipinski definition) is 3. The molecule has 0 bridgehead atoms. The van der Waals surface area contributed by atoms with Crippen molar-refractivity contribution >= 4 is 5.91 Å². The Balaban J connectivity index is 1.76. The fraction of sp³-hybridized carbons (Fsp3) is 0.235. The maximum absolute atomic E-state index is 13.6. The van der Waals surface area contributed by atoms with Crippen molar-refractivity contribution in [3.05, 3.63) is 59.4 Å². The van der Waals surface area contributed by atoms with Crippen LogP contribution < -0.4 is 14.8 Å². The Kier molecular flexibility index (Phi) is 3.96. The van der Waals surface area contributed by atoms with E-state index >= 15 is 0 Å². The van der Waals surface area contributed by atoms with Gasteiger partial charge in [-0.15, -0.1) is 0 Å². The second-order valence-electron chi connectivity index (χ2n) is 5.08. The van der Waals surface area contributed by atoms with Crippen LogP contribution in [0.4, 0.5) is 4.39 Å². The fourth-order valence-corrected chi connectivity index (χ4v) is 2.33. The Morgan fingerprint density at radius 1 is 1.14 bits per heavy atom. The molecule has 1 heterocycles. The molecule has 0 aliphatic carbocycles. The van der Waals surface area contributed by atoms with Crippen molar-refractivity contribution in [1.29, 1.82) is 0 Å². The average molecular weight is 301 g/mol. The molecule has 0 aromatic heterocycles. The van der Waals surface area contributed by atoms with E-state index in [2.05, 4.69) is 5.32 Å². The van der Waals surface area contributed by atoms with E-state index in [0.717, 1.165) is 5.56 Å². The minimum atomic E-state index is -0.533. The quantitative estimate of drug-likeness (QED) is 0.947. The van der Waals surface area contributed by atoms with E-state index in [1.807, 2.05) is 25.1 Å².